The lowest BCUT2D eigenvalue weighted by molar-refractivity contribution is -0.161. The summed E-state index contributed by atoms with van der Waals surface area (Å²) in [6, 6.07) is 0. The molecule has 0 aliphatic carbocycles. The first-order valence-corrected chi connectivity index (χ1v) is 21.2. The molecule has 0 aliphatic heterocycles. The van der Waals surface area contributed by atoms with E-state index < -0.39 is 38.6 Å². The van der Waals surface area contributed by atoms with Crippen molar-refractivity contribution in [1.82, 2.24) is 0 Å². The van der Waals surface area contributed by atoms with Crippen molar-refractivity contribution in [2.24, 2.45) is 5.92 Å². The Hall–Kier alpha value is -2.55. The van der Waals surface area contributed by atoms with Gasteiger partial charge in [0.2, 0.25) is 0 Å². The van der Waals surface area contributed by atoms with E-state index in [9.17, 15) is 19.3 Å². The van der Waals surface area contributed by atoms with Crippen molar-refractivity contribution >= 4 is 19.8 Å². The van der Waals surface area contributed by atoms with E-state index in [-0.39, 0.29) is 19.4 Å². The van der Waals surface area contributed by atoms with Gasteiger partial charge in [0.05, 0.1) is 12.7 Å². The van der Waals surface area contributed by atoms with Gasteiger partial charge in [0.1, 0.15) is 6.61 Å². The van der Waals surface area contributed by atoms with Crippen LogP contribution in [0, 0.1) is 5.92 Å². The van der Waals surface area contributed by atoms with Crippen molar-refractivity contribution in [3.8, 4) is 0 Å². The smallest absolute Gasteiger partial charge is 0.462 e. The molecular formula is C42H71O9P. The number of carbonyl (C=O) groups is 2. The minimum absolute atomic E-state index is 0.116. The molecule has 10 heteroatoms. The first-order chi connectivity index (χ1) is 25.0. The molecule has 0 aliphatic rings. The molecule has 9 nitrogen and oxygen atoms in total. The van der Waals surface area contributed by atoms with E-state index in [2.05, 4.69) is 43.5 Å². The maximum atomic E-state index is 12.4. The van der Waals surface area contributed by atoms with Crippen LogP contribution in [-0.2, 0) is 28.2 Å². The number of unbranched alkanes of at least 4 members (excludes halogenated alkanes) is 10. The van der Waals surface area contributed by atoms with Crippen molar-refractivity contribution < 1.29 is 43.0 Å². The number of hydrogen-bond donors (Lipinski definition) is 3. The normalized spacial score (nSPS) is 14.0. The van der Waals surface area contributed by atoms with Crippen molar-refractivity contribution in [2.45, 2.75) is 161 Å². The lowest BCUT2D eigenvalue weighted by atomic mass is 10.0. The van der Waals surface area contributed by atoms with Gasteiger partial charge in [0.15, 0.2) is 6.10 Å². The third-order valence-corrected chi connectivity index (χ3v) is 8.50. The van der Waals surface area contributed by atoms with Crippen molar-refractivity contribution in [3.05, 3.63) is 72.9 Å². The highest BCUT2D eigenvalue weighted by molar-refractivity contribution is 7.46. The lowest BCUT2D eigenvalue weighted by Crippen LogP contribution is -2.29. The predicted octanol–water partition coefficient (Wildman–Crippen LogP) is 10.7. The van der Waals surface area contributed by atoms with Crippen LogP contribution in [0.15, 0.2) is 72.9 Å². The third-order valence-electron chi connectivity index (χ3n) is 8.01. The Kier molecular flexibility index (Phi) is 33.7. The maximum Gasteiger partial charge on any atom is 0.469 e. The molecular weight excluding hydrogens is 679 g/mol. The first-order valence-electron chi connectivity index (χ1n) is 19.7. The zero-order valence-corrected chi connectivity index (χ0v) is 33.3. The average Bonchev–Trinajstić information content (AvgIpc) is 3.09. The van der Waals surface area contributed by atoms with Gasteiger partial charge in [-0.1, -0.05) is 164 Å². The van der Waals surface area contributed by atoms with Gasteiger partial charge in [-0.3, -0.25) is 14.1 Å². The second-order valence-electron chi connectivity index (χ2n) is 13.6. The van der Waals surface area contributed by atoms with E-state index in [1.807, 2.05) is 48.6 Å². The number of ether oxygens (including phenoxy) is 2. The number of phosphoric acid groups is 1. The zero-order chi connectivity index (χ0) is 38.5. The summed E-state index contributed by atoms with van der Waals surface area (Å²) in [5, 5.41) is 9.96. The quantitative estimate of drug-likeness (QED) is 0.0193. The Labute approximate surface area is 315 Å². The van der Waals surface area contributed by atoms with Crippen LogP contribution >= 0.6 is 7.82 Å². The summed E-state index contributed by atoms with van der Waals surface area (Å²) < 4.78 is 26.2. The maximum absolute atomic E-state index is 12.4. The number of aliphatic hydroxyl groups is 1. The highest BCUT2D eigenvalue weighted by atomic mass is 31.2. The summed E-state index contributed by atoms with van der Waals surface area (Å²) in [6.45, 7) is 5.74. The molecule has 0 heterocycles. The Balaban J connectivity index is 4.15. The summed E-state index contributed by atoms with van der Waals surface area (Å²) in [6.07, 6.45) is 41.0. The first kappa shape index (κ1) is 49.5. The predicted molar refractivity (Wildman–Crippen MR) is 213 cm³/mol. The van der Waals surface area contributed by atoms with Crippen LogP contribution in [0.1, 0.15) is 149 Å². The number of rotatable bonds is 34. The van der Waals surface area contributed by atoms with Crippen LogP contribution in [0.4, 0.5) is 0 Å². The highest BCUT2D eigenvalue weighted by Gasteiger charge is 2.22. The van der Waals surface area contributed by atoms with Gasteiger partial charge in [0.25, 0.3) is 0 Å². The summed E-state index contributed by atoms with van der Waals surface area (Å²) in [7, 11) is -4.78. The van der Waals surface area contributed by atoms with Gasteiger partial charge >= 0.3 is 19.8 Å². The second kappa shape index (κ2) is 35.5. The molecule has 0 aromatic heterocycles. The average molecular weight is 751 g/mol. The number of hydrogen-bond acceptors (Lipinski definition) is 7. The van der Waals surface area contributed by atoms with Crippen molar-refractivity contribution in [1.29, 1.82) is 0 Å². The number of phosphoric ester groups is 1. The van der Waals surface area contributed by atoms with Crippen LogP contribution in [-0.4, -0.2) is 52.3 Å². The molecule has 0 aromatic rings. The molecule has 2 atom stereocenters. The molecule has 0 spiro atoms. The Morgan fingerprint density at radius 2 is 1.21 bits per heavy atom. The molecule has 298 valence electrons. The fraction of sp³-hybridized carbons (Fsp3) is 0.667. The van der Waals surface area contributed by atoms with Gasteiger partial charge < -0.3 is 24.4 Å². The monoisotopic (exact) mass is 750 g/mol. The molecule has 1 unspecified atom stereocenters. The van der Waals surface area contributed by atoms with Crippen LogP contribution in [0.25, 0.3) is 0 Å². The number of carbonyl (C=O) groups excluding carboxylic acids is 2. The minimum Gasteiger partial charge on any atom is -0.462 e. The van der Waals surface area contributed by atoms with E-state index in [1.165, 1.54) is 51.4 Å². The molecule has 0 saturated carbocycles. The van der Waals surface area contributed by atoms with E-state index in [0.29, 0.717) is 25.7 Å². The van der Waals surface area contributed by atoms with E-state index in [0.717, 1.165) is 44.4 Å². The number of esters is 2. The summed E-state index contributed by atoms with van der Waals surface area (Å²) in [5.74, 6) is -0.220. The van der Waals surface area contributed by atoms with Gasteiger partial charge in [-0.25, -0.2) is 4.57 Å². The zero-order valence-electron chi connectivity index (χ0n) is 32.5. The van der Waals surface area contributed by atoms with Crippen molar-refractivity contribution in [2.75, 3.05) is 13.2 Å². The molecule has 0 radical (unpaired) electrons. The molecule has 3 N–H and O–H groups in total. The summed E-state index contributed by atoms with van der Waals surface area (Å²) >= 11 is 0. The van der Waals surface area contributed by atoms with Crippen LogP contribution in [0.3, 0.4) is 0 Å². The second-order valence-corrected chi connectivity index (χ2v) is 14.8. The fourth-order valence-electron chi connectivity index (χ4n) is 5.08. The van der Waals surface area contributed by atoms with E-state index in [4.69, 9.17) is 19.3 Å². The Bertz CT molecular complexity index is 1100. The molecule has 0 aromatic carbocycles. The topological polar surface area (TPSA) is 140 Å². The van der Waals surface area contributed by atoms with E-state index in [1.54, 1.807) is 6.08 Å². The summed E-state index contributed by atoms with van der Waals surface area (Å²) in [5.41, 5.74) is 0. The third kappa shape index (κ3) is 38.7. The molecule has 0 rings (SSSR count). The van der Waals surface area contributed by atoms with Gasteiger partial charge in [-0.15, -0.1) is 0 Å². The van der Waals surface area contributed by atoms with Crippen LogP contribution < -0.4 is 0 Å². The Morgan fingerprint density at radius 1 is 0.654 bits per heavy atom. The van der Waals surface area contributed by atoms with Crippen LogP contribution in [0.2, 0.25) is 0 Å². The molecule has 52 heavy (non-hydrogen) atoms. The molecule has 0 bridgehead atoms. The minimum atomic E-state index is -4.78. The largest absolute Gasteiger partial charge is 0.469 e. The molecule has 0 amide bonds. The van der Waals surface area contributed by atoms with Gasteiger partial charge in [-0.05, 0) is 50.9 Å². The fourth-order valence-corrected chi connectivity index (χ4v) is 5.44. The molecule has 0 fully saturated rings. The lowest BCUT2D eigenvalue weighted by Gasteiger charge is -2.18. The SMILES string of the molecule is CC/C=C\C/C=C\CC(O)/C=C/C=C\C/C=C\C/C=C\CCC(=O)OC[C@H](COP(=O)(O)O)OC(=O)CCCCCCCCCCCCCC(C)C. The van der Waals surface area contributed by atoms with Gasteiger partial charge in [-0.2, -0.15) is 0 Å². The highest BCUT2D eigenvalue weighted by Crippen LogP contribution is 2.36. The van der Waals surface area contributed by atoms with Gasteiger partial charge in [0, 0.05) is 12.8 Å². The van der Waals surface area contributed by atoms with E-state index >= 15 is 0 Å². The number of allylic oxidation sites excluding steroid dienone is 10. The Morgan fingerprint density at radius 3 is 1.83 bits per heavy atom. The molecule has 0 saturated heterocycles. The summed E-state index contributed by atoms with van der Waals surface area (Å²) in [4.78, 5) is 42.7. The van der Waals surface area contributed by atoms with Crippen LogP contribution in [0.5, 0.6) is 0 Å². The number of aliphatic hydroxyl groups excluding tert-OH is 1. The standard InChI is InChI=1S/C42H71O9P/c1-4-5-6-7-22-27-32-39(43)33-28-23-18-14-11-12-15-19-24-29-34-41(44)49-36-40(37-50-52(46,47)48)51-42(45)35-30-25-20-16-10-8-9-13-17-21-26-31-38(2)3/h5-6,11-12,18-19,22-24,27-28,33,38-40,43H,4,7-10,13-17,20-21,25-26,29-32,34-37H2,1-3H3,(H2,46,47,48)/b6-5-,12-11-,23-18-,24-19-,27-22-,33-28+/t39?,40-/m1/s1. The van der Waals surface area contributed by atoms with Crippen molar-refractivity contribution in [3.63, 3.8) is 0 Å².